The first kappa shape index (κ1) is 15.4. The van der Waals surface area contributed by atoms with Crippen LogP contribution >= 0.6 is 11.8 Å². The average molecular weight is 320 g/mol. The molecule has 0 radical (unpaired) electrons. The summed E-state index contributed by atoms with van der Waals surface area (Å²) in [6.45, 7) is 1.56. The Morgan fingerprint density at radius 3 is 2.86 bits per heavy atom. The molecule has 0 aliphatic carbocycles. The van der Waals surface area contributed by atoms with E-state index in [1.807, 2.05) is 29.2 Å². The SMILES string of the molecule is O=C(O)C1CCCCN1CC(=O)N1CCSc2ccccc21. The zero-order valence-corrected chi connectivity index (χ0v) is 13.2. The fourth-order valence-corrected chi connectivity index (χ4v) is 4.14. The molecule has 1 aromatic carbocycles. The number of hydrogen-bond donors (Lipinski definition) is 1. The van der Waals surface area contributed by atoms with E-state index >= 15 is 0 Å². The van der Waals surface area contributed by atoms with Crippen molar-refractivity contribution >= 4 is 29.3 Å². The van der Waals surface area contributed by atoms with Crippen molar-refractivity contribution in [2.24, 2.45) is 0 Å². The molecule has 0 aromatic heterocycles. The minimum atomic E-state index is -0.818. The fourth-order valence-electron chi connectivity index (χ4n) is 3.15. The maximum Gasteiger partial charge on any atom is 0.320 e. The summed E-state index contributed by atoms with van der Waals surface area (Å²) in [4.78, 5) is 28.8. The average Bonchev–Trinajstić information content (AvgIpc) is 2.54. The molecule has 1 N–H and O–H groups in total. The summed E-state index contributed by atoms with van der Waals surface area (Å²) in [5.41, 5.74) is 0.952. The lowest BCUT2D eigenvalue weighted by Crippen LogP contribution is -2.50. The number of likely N-dealkylation sites (tertiary alicyclic amines) is 1. The first-order valence-electron chi connectivity index (χ1n) is 7.66. The zero-order valence-electron chi connectivity index (χ0n) is 12.4. The van der Waals surface area contributed by atoms with Gasteiger partial charge in [-0.15, -0.1) is 11.8 Å². The zero-order chi connectivity index (χ0) is 15.5. The number of fused-ring (bicyclic) bond motifs is 1. The third-order valence-corrected chi connectivity index (χ3v) is 5.31. The van der Waals surface area contributed by atoms with Gasteiger partial charge in [-0.05, 0) is 31.5 Å². The maximum atomic E-state index is 12.7. The van der Waals surface area contributed by atoms with Gasteiger partial charge in [0, 0.05) is 17.2 Å². The van der Waals surface area contributed by atoms with Gasteiger partial charge in [-0.2, -0.15) is 0 Å². The van der Waals surface area contributed by atoms with E-state index in [2.05, 4.69) is 0 Å². The molecular weight excluding hydrogens is 300 g/mol. The van der Waals surface area contributed by atoms with Crippen molar-refractivity contribution in [1.29, 1.82) is 0 Å². The molecular formula is C16H20N2O3S. The molecule has 1 fully saturated rings. The number of carbonyl (C=O) groups excluding carboxylic acids is 1. The smallest absolute Gasteiger partial charge is 0.320 e. The van der Waals surface area contributed by atoms with E-state index < -0.39 is 12.0 Å². The van der Waals surface area contributed by atoms with E-state index in [4.69, 9.17) is 0 Å². The van der Waals surface area contributed by atoms with E-state index in [0.717, 1.165) is 29.2 Å². The van der Waals surface area contributed by atoms with Crippen LogP contribution in [0.5, 0.6) is 0 Å². The molecule has 6 heteroatoms. The fraction of sp³-hybridized carbons (Fsp3) is 0.500. The Morgan fingerprint density at radius 1 is 1.23 bits per heavy atom. The molecule has 1 saturated heterocycles. The number of anilines is 1. The van der Waals surface area contributed by atoms with Crippen molar-refractivity contribution in [3.63, 3.8) is 0 Å². The highest BCUT2D eigenvalue weighted by Gasteiger charge is 2.32. The van der Waals surface area contributed by atoms with E-state index in [0.29, 0.717) is 19.5 Å². The van der Waals surface area contributed by atoms with E-state index in [1.165, 1.54) is 0 Å². The number of nitrogens with zero attached hydrogens (tertiary/aromatic N) is 2. The van der Waals surface area contributed by atoms with Crippen LogP contribution in [0.4, 0.5) is 5.69 Å². The second-order valence-corrected chi connectivity index (χ2v) is 6.82. The van der Waals surface area contributed by atoms with Crippen LogP contribution in [0, 0.1) is 0 Å². The molecule has 1 atom stereocenters. The quantitative estimate of drug-likeness (QED) is 0.924. The number of thioether (sulfide) groups is 1. The van der Waals surface area contributed by atoms with Crippen LogP contribution in [-0.2, 0) is 9.59 Å². The lowest BCUT2D eigenvalue weighted by atomic mass is 10.0. The number of aliphatic carboxylic acids is 1. The Bertz CT molecular complexity index is 578. The van der Waals surface area contributed by atoms with E-state index in [9.17, 15) is 14.7 Å². The lowest BCUT2D eigenvalue weighted by molar-refractivity contribution is -0.145. The molecule has 0 bridgehead atoms. The predicted molar refractivity (Wildman–Crippen MR) is 86.4 cm³/mol. The molecule has 0 saturated carbocycles. The van der Waals surface area contributed by atoms with Gasteiger partial charge in [-0.25, -0.2) is 0 Å². The third-order valence-electron chi connectivity index (χ3n) is 4.27. The highest BCUT2D eigenvalue weighted by atomic mass is 32.2. The largest absolute Gasteiger partial charge is 0.480 e. The first-order valence-corrected chi connectivity index (χ1v) is 8.64. The van der Waals surface area contributed by atoms with Crippen LogP contribution in [0.15, 0.2) is 29.2 Å². The van der Waals surface area contributed by atoms with Crippen molar-refractivity contribution < 1.29 is 14.7 Å². The first-order chi connectivity index (χ1) is 10.7. The maximum absolute atomic E-state index is 12.7. The number of benzene rings is 1. The molecule has 2 heterocycles. The molecule has 5 nitrogen and oxygen atoms in total. The number of rotatable bonds is 3. The Hall–Kier alpha value is -1.53. The van der Waals surface area contributed by atoms with Gasteiger partial charge in [0.25, 0.3) is 0 Å². The topological polar surface area (TPSA) is 60.9 Å². The Balaban J connectivity index is 1.73. The van der Waals surface area contributed by atoms with Gasteiger partial charge in [-0.1, -0.05) is 18.6 Å². The Kier molecular flexibility index (Phi) is 4.69. The number of carboxylic acids is 1. The number of carbonyl (C=O) groups is 2. The van der Waals surface area contributed by atoms with Crippen molar-refractivity contribution in [1.82, 2.24) is 4.90 Å². The third kappa shape index (κ3) is 3.13. The molecule has 2 aliphatic heterocycles. The predicted octanol–water partition coefficient (Wildman–Crippen LogP) is 2.06. The van der Waals surface area contributed by atoms with Gasteiger partial charge in [-0.3, -0.25) is 14.5 Å². The van der Waals surface area contributed by atoms with Crippen molar-refractivity contribution in [2.75, 3.05) is 30.3 Å². The van der Waals surface area contributed by atoms with E-state index in [-0.39, 0.29) is 12.5 Å². The van der Waals surface area contributed by atoms with Gasteiger partial charge >= 0.3 is 5.97 Å². The summed E-state index contributed by atoms with van der Waals surface area (Å²) in [5.74, 6) is 0.0634. The van der Waals surface area contributed by atoms with Gasteiger partial charge in [0.05, 0.1) is 12.2 Å². The molecule has 0 spiro atoms. The summed E-state index contributed by atoms with van der Waals surface area (Å²) in [5, 5.41) is 9.32. The van der Waals surface area contributed by atoms with Crippen LogP contribution in [0.2, 0.25) is 0 Å². The van der Waals surface area contributed by atoms with Crippen molar-refractivity contribution in [3.8, 4) is 0 Å². The van der Waals surface area contributed by atoms with Gasteiger partial charge in [0.1, 0.15) is 6.04 Å². The number of piperidine rings is 1. The molecule has 2 aliphatic rings. The lowest BCUT2D eigenvalue weighted by Gasteiger charge is -2.35. The monoisotopic (exact) mass is 320 g/mol. The van der Waals surface area contributed by atoms with Crippen LogP contribution in [-0.4, -0.2) is 53.3 Å². The van der Waals surface area contributed by atoms with Gasteiger partial charge in [0.15, 0.2) is 0 Å². The number of carboxylic acid groups (broad SMARTS) is 1. The molecule has 1 amide bonds. The van der Waals surface area contributed by atoms with Crippen molar-refractivity contribution in [3.05, 3.63) is 24.3 Å². The molecule has 22 heavy (non-hydrogen) atoms. The van der Waals surface area contributed by atoms with Gasteiger partial charge in [0.2, 0.25) is 5.91 Å². The highest BCUT2D eigenvalue weighted by molar-refractivity contribution is 7.99. The second-order valence-electron chi connectivity index (χ2n) is 5.68. The Labute approximate surface area is 134 Å². The summed E-state index contributed by atoms with van der Waals surface area (Å²) < 4.78 is 0. The highest BCUT2D eigenvalue weighted by Crippen LogP contribution is 2.34. The second kappa shape index (κ2) is 6.71. The molecule has 1 unspecified atom stereocenters. The number of amides is 1. The minimum absolute atomic E-state index is 0.000833. The van der Waals surface area contributed by atoms with Crippen LogP contribution in [0.3, 0.4) is 0 Å². The van der Waals surface area contributed by atoms with Crippen LogP contribution in [0.25, 0.3) is 0 Å². The van der Waals surface area contributed by atoms with E-state index in [1.54, 1.807) is 16.7 Å². The molecule has 3 rings (SSSR count). The minimum Gasteiger partial charge on any atom is -0.480 e. The normalized spacial score (nSPS) is 22.2. The van der Waals surface area contributed by atoms with Gasteiger partial charge < -0.3 is 10.0 Å². The summed E-state index contributed by atoms with van der Waals surface area (Å²) in [7, 11) is 0. The number of para-hydroxylation sites is 1. The van der Waals surface area contributed by atoms with Crippen molar-refractivity contribution in [2.45, 2.75) is 30.2 Å². The molecule has 1 aromatic rings. The summed E-state index contributed by atoms with van der Waals surface area (Å²) >= 11 is 1.76. The summed E-state index contributed by atoms with van der Waals surface area (Å²) in [6.07, 6.45) is 2.52. The number of hydrogen-bond acceptors (Lipinski definition) is 4. The molecule has 118 valence electrons. The summed E-state index contributed by atoms with van der Waals surface area (Å²) in [6, 6.07) is 7.38. The van der Waals surface area contributed by atoms with Crippen LogP contribution in [0.1, 0.15) is 19.3 Å². The van der Waals surface area contributed by atoms with Crippen LogP contribution < -0.4 is 4.90 Å². The Morgan fingerprint density at radius 2 is 2.05 bits per heavy atom. The standard InChI is InChI=1S/C16H20N2O3S/c19-15(11-17-8-4-3-6-13(17)16(20)21)18-9-10-22-14-7-2-1-5-12(14)18/h1-2,5,7,13H,3-4,6,8-11H2,(H,20,21).